The summed E-state index contributed by atoms with van der Waals surface area (Å²) >= 11 is 1.52. The lowest BCUT2D eigenvalue weighted by molar-refractivity contribution is 0.102. The molecule has 2 aromatic rings. The van der Waals surface area contributed by atoms with E-state index in [1.165, 1.54) is 11.8 Å². The number of rotatable bonds is 4. The Morgan fingerprint density at radius 3 is 2.65 bits per heavy atom. The second-order valence-electron chi connectivity index (χ2n) is 3.83. The van der Waals surface area contributed by atoms with Gasteiger partial charge in [0.25, 0.3) is 0 Å². The van der Waals surface area contributed by atoms with Crippen molar-refractivity contribution < 1.29 is 4.79 Å². The van der Waals surface area contributed by atoms with Crippen molar-refractivity contribution >= 4 is 17.5 Å². The van der Waals surface area contributed by atoms with Crippen molar-refractivity contribution in [3.8, 4) is 0 Å². The van der Waals surface area contributed by atoms with Gasteiger partial charge < -0.3 is 0 Å². The zero-order valence-corrected chi connectivity index (χ0v) is 10.7. The minimum Gasteiger partial charge on any atom is -0.293 e. The average molecular weight is 246 g/mol. The van der Waals surface area contributed by atoms with Gasteiger partial charge in [0, 0.05) is 12.6 Å². The Labute approximate surface area is 105 Å². The number of Topliss-reactive ketones (excluding diaryl/α,β-unsaturated/α-hetero) is 1. The minimum absolute atomic E-state index is 0.148. The second kappa shape index (κ2) is 5.19. The lowest BCUT2D eigenvalue weighted by Gasteiger charge is -2.01. The van der Waals surface area contributed by atoms with Gasteiger partial charge in [-0.2, -0.15) is 5.10 Å². The van der Waals surface area contributed by atoms with Crippen LogP contribution < -0.4 is 0 Å². The average Bonchev–Trinajstić information content (AvgIpc) is 2.66. The van der Waals surface area contributed by atoms with Crippen molar-refractivity contribution in [3.63, 3.8) is 0 Å². The summed E-state index contributed by atoms with van der Waals surface area (Å²) in [6, 6.07) is 11.4. The van der Waals surface area contributed by atoms with Crippen LogP contribution in [0.4, 0.5) is 0 Å². The third kappa shape index (κ3) is 2.97. The van der Waals surface area contributed by atoms with Crippen LogP contribution in [-0.2, 0) is 7.05 Å². The van der Waals surface area contributed by atoms with Gasteiger partial charge in [-0.1, -0.05) is 42.1 Å². The number of hydrogen-bond acceptors (Lipinski definition) is 3. The minimum atomic E-state index is 0.148. The second-order valence-corrected chi connectivity index (χ2v) is 4.82. The Morgan fingerprint density at radius 2 is 2.06 bits per heavy atom. The van der Waals surface area contributed by atoms with E-state index in [1.54, 1.807) is 4.68 Å². The standard InChI is InChI=1S/C13H14N2OS/c1-10-8-13(15(2)14-10)17-9-12(16)11-6-4-3-5-7-11/h3-8H,9H2,1-2H3. The van der Waals surface area contributed by atoms with Crippen LogP contribution in [0.1, 0.15) is 16.1 Å². The maximum atomic E-state index is 11.9. The van der Waals surface area contributed by atoms with Crippen LogP contribution in [0, 0.1) is 6.92 Å². The SMILES string of the molecule is Cc1cc(SCC(=O)c2ccccc2)n(C)n1. The molecule has 0 unspecified atom stereocenters. The molecule has 0 aliphatic rings. The molecule has 0 aliphatic carbocycles. The number of thioether (sulfide) groups is 1. The lowest BCUT2D eigenvalue weighted by atomic mass is 10.2. The van der Waals surface area contributed by atoms with Crippen molar-refractivity contribution in [2.45, 2.75) is 11.9 Å². The topological polar surface area (TPSA) is 34.9 Å². The monoisotopic (exact) mass is 246 g/mol. The molecule has 1 aromatic carbocycles. The Kier molecular flexibility index (Phi) is 3.64. The molecule has 0 saturated carbocycles. The predicted octanol–water partition coefficient (Wildman–Crippen LogP) is 2.70. The van der Waals surface area contributed by atoms with Gasteiger partial charge in [0.15, 0.2) is 5.78 Å². The number of aromatic nitrogens is 2. The van der Waals surface area contributed by atoms with Gasteiger partial charge in [0.05, 0.1) is 16.5 Å². The van der Waals surface area contributed by atoms with Gasteiger partial charge >= 0.3 is 0 Å². The van der Waals surface area contributed by atoms with Crippen molar-refractivity contribution in [2.24, 2.45) is 7.05 Å². The van der Waals surface area contributed by atoms with E-state index in [0.29, 0.717) is 5.75 Å². The summed E-state index contributed by atoms with van der Waals surface area (Å²) in [5, 5.41) is 5.27. The van der Waals surface area contributed by atoms with Crippen LogP contribution in [0.3, 0.4) is 0 Å². The number of hydrogen-bond donors (Lipinski definition) is 0. The first-order chi connectivity index (χ1) is 8.16. The molecule has 0 amide bonds. The Hall–Kier alpha value is -1.55. The van der Waals surface area contributed by atoms with E-state index < -0.39 is 0 Å². The molecule has 0 N–H and O–H groups in total. The molecule has 2 rings (SSSR count). The normalized spacial score (nSPS) is 10.5. The first kappa shape index (κ1) is 11.9. The van der Waals surface area contributed by atoms with Gasteiger partial charge in [-0.25, -0.2) is 0 Å². The number of nitrogens with zero attached hydrogens (tertiary/aromatic N) is 2. The molecule has 0 saturated heterocycles. The van der Waals surface area contributed by atoms with Crippen LogP contribution >= 0.6 is 11.8 Å². The fourth-order valence-corrected chi connectivity index (χ4v) is 2.50. The van der Waals surface area contributed by atoms with E-state index >= 15 is 0 Å². The van der Waals surface area contributed by atoms with Gasteiger partial charge in [-0.15, -0.1) is 0 Å². The van der Waals surface area contributed by atoms with Crippen LogP contribution in [0.2, 0.25) is 0 Å². The number of aryl methyl sites for hydroxylation is 2. The maximum absolute atomic E-state index is 11.9. The van der Waals surface area contributed by atoms with Crippen molar-refractivity contribution in [1.82, 2.24) is 9.78 Å². The lowest BCUT2D eigenvalue weighted by Crippen LogP contribution is -2.03. The molecule has 0 spiro atoms. The zero-order valence-electron chi connectivity index (χ0n) is 9.88. The van der Waals surface area contributed by atoms with Crippen molar-refractivity contribution in [2.75, 3.05) is 5.75 Å². The first-order valence-corrected chi connectivity index (χ1v) is 6.37. The van der Waals surface area contributed by atoms with Crippen LogP contribution in [0.15, 0.2) is 41.4 Å². The van der Waals surface area contributed by atoms with Crippen LogP contribution in [-0.4, -0.2) is 21.3 Å². The third-order valence-corrected chi connectivity index (χ3v) is 3.49. The van der Waals surface area contributed by atoms with E-state index in [-0.39, 0.29) is 5.78 Å². The highest BCUT2D eigenvalue weighted by atomic mass is 32.2. The van der Waals surface area contributed by atoms with Crippen LogP contribution in [0.5, 0.6) is 0 Å². The van der Waals surface area contributed by atoms with Crippen molar-refractivity contribution in [3.05, 3.63) is 47.7 Å². The number of ketones is 1. The summed E-state index contributed by atoms with van der Waals surface area (Å²) in [5.41, 5.74) is 1.74. The molecule has 0 fully saturated rings. The van der Waals surface area contributed by atoms with E-state index in [1.807, 2.05) is 50.4 Å². The maximum Gasteiger partial charge on any atom is 0.173 e. The number of benzene rings is 1. The van der Waals surface area contributed by atoms with Gasteiger partial charge in [-0.05, 0) is 13.0 Å². The van der Waals surface area contributed by atoms with E-state index in [9.17, 15) is 4.79 Å². The Balaban J connectivity index is 1.99. The highest BCUT2D eigenvalue weighted by Gasteiger charge is 2.08. The molecule has 88 valence electrons. The summed E-state index contributed by atoms with van der Waals surface area (Å²) < 4.78 is 1.80. The van der Waals surface area contributed by atoms with Gasteiger partial charge in [0.1, 0.15) is 0 Å². The summed E-state index contributed by atoms with van der Waals surface area (Å²) in [7, 11) is 1.89. The molecule has 0 bridgehead atoms. The molecule has 0 atom stereocenters. The molecule has 0 aliphatic heterocycles. The van der Waals surface area contributed by atoms with E-state index in [4.69, 9.17) is 0 Å². The molecular formula is C13H14N2OS. The molecule has 1 aromatic heterocycles. The molecule has 1 heterocycles. The summed E-state index contributed by atoms with van der Waals surface area (Å²) in [6.07, 6.45) is 0. The van der Waals surface area contributed by atoms with E-state index in [0.717, 1.165) is 16.3 Å². The summed E-state index contributed by atoms with van der Waals surface area (Å²) in [6.45, 7) is 1.95. The fourth-order valence-electron chi connectivity index (χ4n) is 1.57. The Bertz CT molecular complexity index is 519. The summed E-state index contributed by atoms with van der Waals surface area (Å²) in [4.78, 5) is 11.9. The number of carbonyl (C=O) groups is 1. The highest BCUT2D eigenvalue weighted by Crippen LogP contribution is 2.19. The molecular weight excluding hydrogens is 232 g/mol. The molecule has 0 radical (unpaired) electrons. The fraction of sp³-hybridized carbons (Fsp3) is 0.231. The van der Waals surface area contributed by atoms with Gasteiger partial charge in [0.2, 0.25) is 0 Å². The molecule has 4 heteroatoms. The van der Waals surface area contributed by atoms with E-state index in [2.05, 4.69) is 5.10 Å². The predicted molar refractivity (Wildman–Crippen MR) is 69.4 cm³/mol. The third-order valence-electron chi connectivity index (χ3n) is 2.41. The zero-order chi connectivity index (χ0) is 12.3. The van der Waals surface area contributed by atoms with Crippen LogP contribution in [0.25, 0.3) is 0 Å². The molecule has 3 nitrogen and oxygen atoms in total. The molecule has 17 heavy (non-hydrogen) atoms. The number of carbonyl (C=O) groups excluding carboxylic acids is 1. The Morgan fingerprint density at radius 1 is 1.35 bits per heavy atom. The quantitative estimate of drug-likeness (QED) is 0.614. The summed E-state index contributed by atoms with van der Waals surface area (Å²) in [5.74, 6) is 0.595. The largest absolute Gasteiger partial charge is 0.293 e. The van der Waals surface area contributed by atoms with Crippen molar-refractivity contribution in [1.29, 1.82) is 0 Å². The first-order valence-electron chi connectivity index (χ1n) is 5.38. The smallest absolute Gasteiger partial charge is 0.173 e. The van der Waals surface area contributed by atoms with Gasteiger partial charge in [-0.3, -0.25) is 9.48 Å². The highest BCUT2D eigenvalue weighted by molar-refractivity contribution is 7.99.